The number of fused-ring (bicyclic) bond motifs is 2. The normalized spacial score (nSPS) is 13.0. The molecule has 0 bridgehead atoms. The summed E-state index contributed by atoms with van der Waals surface area (Å²) in [5.41, 5.74) is 2.94. The van der Waals surface area contributed by atoms with E-state index in [1.165, 1.54) is 0 Å². The molecule has 5 rings (SSSR count). The van der Waals surface area contributed by atoms with Crippen molar-refractivity contribution in [1.29, 1.82) is 0 Å². The Bertz CT molecular complexity index is 1230. The minimum absolute atomic E-state index is 0.0240. The van der Waals surface area contributed by atoms with Crippen LogP contribution in [0.4, 0.5) is 5.69 Å². The summed E-state index contributed by atoms with van der Waals surface area (Å²) < 4.78 is 5.37. The van der Waals surface area contributed by atoms with Gasteiger partial charge in [0.05, 0.1) is 17.4 Å². The summed E-state index contributed by atoms with van der Waals surface area (Å²) in [5.74, 6) is 0.801. The third-order valence-corrected chi connectivity index (χ3v) is 5.87. The SMILES string of the molecule is CCCN1C(=O)c2ccccc2Sc2cc(-c3noc(-c4cnccn4)n3)ccc21. The maximum atomic E-state index is 13.2. The zero-order valence-corrected chi connectivity index (χ0v) is 17.0. The molecule has 0 N–H and O–H groups in total. The first-order valence-corrected chi connectivity index (χ1v) is 10.4. The lowest BCUT2D eigenvalue weighted by Crippen LogP contribution is -2.31. The molecule has 0 radical (unpaired) electrons. The molecule has 0 atom stereocenters. The number of hydrogen-bond donors (Lipinski definition) is 0. The van der Waals surface area contributed by atoms with Crippen LogP contribution in [0.2, 0.25) is 0 Å². The van der Waals surface area contributed by atoms with Crippen molar-refractivity contribution in [2.45, 2.75) is 23.1 Å². The number of amides is 1. The van der Waals surface area contributed by atoms with E-state index in [-0.39, 0.29) is 5.91 Å². The van der Waals surface area contributed by atoms with Crippen molar-refractivity contribution in [3.63, 3.8) is 0 Å². The second kappa shape index (κ2) is 7.72. The molecule has 1 amide bonds. The summed E-state index contributed by atoms with van der Waals surface area (Å²) in [4.78, 5) is 29.6. The highest BCUT2D eigenvalue weighted by atomic mass is 32.2. The molecule has 0 fully saturated rings. The molecular weight excluding hydrogens is 398 g/mol. The fourth-order valence-electron chi connectivity index (χ4n) is 3.36. The van der Waals surface area contributed by atoms with Crippen LogP contribution in [0.25, 0.3) is 23.0 Å². The van der Waals surface area contributed by atoms with Crippen LogP contribution in [-0.2, 0) is 0 Å². The van der Waals surface area contributed by atoms with E-state index in [1.54, 1.807) is 30.4 Å². The molecule has 1 aliphatic rings. The molecule has 3 heterocycles. The van der Waals surface area contributed by atoms with E-state index in [4.69, 9.17) is 4.52 Å². The third-order valence-electron chi connectivity index (χ3n) is 4.75. The van der Waals surface area contributed by atoms with Crippen molar-refractivity contribution in [1.82, 2.24) is 20.1 Å². The maximum absolute atomic E-state index is 13.2. The number of carbonyl (C=O) groups is 1. The zero-order valence-electron chi connectivity index (χ0n) is 16.1. The predicted molar refractivity (Wildman–Crippen MR) is 113 cm³/mol. The standard InChI is InChI=1S/C22H17N5O2S/c1-2-11-27-17-8-7-14(20-25-21(29-26-20)16-13-23-9-10-24-16)12-19(17)30-18-6-4-3-5-15(18)22(27)28/h3-10,12-13H,2,11H2,1H3. The molecule has 0 saturated heterocycles. The number of hydrogen-bond acceptors (Lipinski definition) is 7. The lowest BCUT2D eigenvalue weighted by atomic mass is 10.1. The van der Waals surface area contributed by atoms with Gasteiger partial charge in [0.2, 0.25) is 5.82 Å². The first-order valence-electron chi connectivity index (χ1n) is 9.58. The van der Waals surface area contributed by atoms with E-state index in [9.17, 15) is 4.79 Å². The number of anilines is 1. The van der Waals surface area contributed by atoms with Crippen molar-refractivity contribution < 1.29 is 9.32 Å². The summed E-state index contributed by atoms with van der Waals surface area (Å²) in [6, 6.07) is 13.6. The molecule has 1 aliphatic heterocycles. The topological polar surface area (TPSA) is 85.0 Å². The van der Waals surface area contributed by atoms with E-state index in [1.807, 2.05) is 47.4 Å². The molecule has 0 saturated carbocycles. The summed E-state index contributed by atoms with van der Waals surface area (Å²) >= 11 is 1.58. The monoisotopic (exact) mass is 415 g/mol. The van der Waals surface area contributed by atoms with Crippen LogP contribution >= 0.6 is 11.8 Å². The molecule has 0 spiro atoms. The number of nitrogens with zero attached hydrogens (tertiary/aromatic N) is 5. The number of rotatable bonds is 4. The van der Waals surface area contributed by atoms with Crippen molar-refractivity contribution in [2.24, 2.45) is 0 Å². The van der Waals surface area contributed by atoms with Crippen molar-refractivity contribution >= 4 is 23.4 Å². The van der Waals surface area contributed by atoms with Gasteiger partial charge in [-0.1, -0.05) is 36.0 Å². The Balaban J connectivity index is 1.57. The Labute approximate surface area is 177 Å². The molecule has 8 heteroatoms. The van der Waals surface area contributed by atoms with Gasteiger partial charge in [-0.05, 0) is 36.8 Å². The molecule has 30 heavy (non-hydrogen) atoms. The van der Waals surface area contributed by atoms with Gasteiger partial charge in [0.15, 0.2) is 0 Å². The van der Waals surface area contributed by atoms with Crippen molar-refractivity contribution in [3.05, 3.63) is 66.6 Å². The first kappa shape index (κ1) is 18.5. The fourth-order valence-corrected chi connectivity index (χ4v) is 4.48. The van der Waals surface area contributed by atoms with Crippen LogP contribution in [0.15, 0.2) is 75.4 Å². The van der Waals surface area contributed by atoms with Gasteiger partial charge < -0.3 is 9.42 Å². The Morgan fingerprint density at radius 2 is 2.00 bits per heavy atom. The average Bonchev–Trinajstić information content (AvgIpc) is 3.25. The molecular formula is C22H17N5O2S. The Hall–Kier alpha value is -3.52. The van der Waals surface area contributed by atoms with E-state index in [0.29, 0.717) is 24.0 Å². The van der Waals surface area contributed by atoms with Crippen LogP contribution in [-0.4, -0.2) is 32.6 Å². The second-order valence-electron chi connectivity index (χ2n) is 6.75. The lowest BCUT2D eigenvalue weighted by molar-refractivity contribution is 0.0984. The van der Waals surface area contributed by atoms with Gasteiger partial charge in [-0.3, -0.25) is 9.78 Å². The van der Waals surface area contributed by atoms with Gasteiger partial charge in [-0.15, -0.1) is 0 Å². The first-order chi connectivity index (χ1) is 14.7. The van der Waals surface area contributed by atoms with Gasteiger partial charge in [0.1, 0.15) is 5.69 Å². The summed E-state index contributed by atoms with van der Waals surface area (Å²) in [6.07, 6.45) is 5.61. The number of aromatic nitrogens is 4. The van der Waals surface area contributed by atoms with Gasteiger partial charge >= 0.3 is 0 Å². The minimum Gasteiger partial charge on any atom is -0.332 e. The largest absolute Gasteiger partial charge is 0.332 e. The van der Waals surface area contributed by atoms with Crippen molar-refractivity contribution in [2.75, 3.05) is 11.4 Å². The van der Waals surface area contributed by atoms with Gasteiger partial charge in [-0.25, -0.2) is 4.98 Å². The second-order valence-corrected chi connectivity index (χ2v) is 7.84. The highest BCUT2D eigenvalue weighted by Crippen LogP contribution is 2.43. The van der Waals surface area contributed by atoms with Crippen LogP contribution in [0.3, 0.4) is 0 Å². The number of carbonyl (C=O) groups excluding carboxylic acids is 1. The molecule has 2 aromatic heterocycles. The third kappa shape index (κ3) is 3.25. The average molecular weight is 415 g/mol. The van der Waals surface area contributed by atoms with E-state index < -0.39 is 0 Å². The van der Waals surface area contributed by atoms with Crippen LogP contribution in [0, 0.1) is 0 Å². The molecule has 148 valence electrons. The molecule has 0 unspecified atom stereocenters. The van der Waals surface area contributed by atoms with Crippen LogP contribution in [0.5, 0.6) is 0 Å². The quantitative estimate of drug-likeness (QED) is 0.477. The number of benzene rings is 2. The Kier molecular flexibility index (Phi) is 4.76. The molecule has 0 aliphatic carbocycles. The van der Waals surface area contributed by atoms with E-state index >= 15 is 0 Å². The van der Waals surface area contributed by atoms with E-state index in [2.05, 4.69) is 27.0 Å². The molecule has 4 aromatic rings. The van der Waals surface area contributed by atoms with Gasteiger partial charge in [0, 0.05) is 34.3 Å². The maximum Gasteiger partial charge on any atom is 0.278 e. The summed E-state index contributed by atoms with van der Waals surface area (Å²) in [5, 5.41) is 4.11. The fraction of sp³-hybridized carbons (Fsp3) is 0.136. The van der Waals surface area contributed by atoms with Gasteiger partial charge in [-0.2, -0.15) is 4.98 Å². The van der Waals surface area contributed by atoms with Gasteiger partial charge in [0.25, 0.3) is 11.8 Å². The zero-order chi connectivity index (χ0) is 20.5. The minimum atomic E-state index is 0.0240. The molecule has 2 aromatic carbocycles. The Morgan fingerprint density at radius 3 is 2.83 bits per heavy atom. The van der Waals surface area contributed by atoms with Crippen LogP contribution < -0.4 is 4.90 Å². The lowest BCUT2D eigenvalue weighted by Gasteiger charge is -2.22. The highest BCUT2D eigenvalue weighted by Gasteiger charge is 2.27. The summed E-state index contributed by atoms with van der Waals surface area (Å²) in [7, 11) is 0. The highest BCUT2D eigenvalue weighted by molar-refractivity contribution is 7.99. The van der Waals surface area contributed by atoms with Crippen LogP contribution in [0.1, 0.15) is 23.7 Å². The smallest absolute Gasteiger partial charge is 0.278 e. The van der Waals surface area contributed by atoms with E-state index in [0.717, 1.165) is 33.0 Å². The predicted octanol–water partition coefficient (Wildman–Crippen LogP) is 4.72. The summed E-state index contributed by atoms with van der Waals surface area (Å²) in [6.45, 7) is 2.72. The molecule has 7 nitrogen and oxygen atoms in total. The van der Waals surface area contributed by atoms with Crippen molar-refractivity contribution in [3.8, 4) is 23.0 Å². The Morgan fingerprint density at radius 1 is 1.10 bits per heavy atom.